The highest BCUT2D eigenvalue weighted by Gasteiger charge is 2.43. The summed E-state index contributed by atoms with van der Waals surface area (Å²) in [6.45, 7) is 3.06. The Hall–Kier alpha value is -0.520. The zero-order valence-corrected chi connectivity index (χ0v) is 6.66. The first-order valence-corrected chi connectivity index (χ1v) is 4.22. The van der Waals surface area contributed by atoms with Crippen molar-refractivity contribution in [1.82, 2.24) is 4.90 Å². The Morgan fingerprint density at radius 2 is 2.09 bits per heavy atom. The summed E-state index contributed by atoms with van der Waals surface area (Å²) in [5.74, 6) is 4.15. The van der Waals surface area contributed by atoms with Crippen LogP contribution in [0.2, 0.25) is 0 Å². The maximum Gasteiger partial charge on any atom is 0.0599 e. The zero-order valence-electron chi connectivity index (χ0n) is 6.66. The van der Waals surface area contributed by atoms with Crippen LogP contribution in [0.3, 0.4) is 0 Å². The fourth-order valence-corrected chi connectivity index (χ4v) is 2.28. The first kappa shape index (κ1) is 7.15. The maximum atomic E-state index is 5.91. The predicted octanol–water partition coefficient (Wildman–Crippen LogP) is -0.101. The summed E-state index contributed by atoms with van der Waals surface area (Å²) in [5.41, 5.74) is 5.91. The molecule has 2 heteroatoms. The maximum absolute atomic E-state index is 5.91. The first-order valence-electron chi connectivity index (χ1n) is 4.22. The van der Waals surface area contributed by atoms with Crippen LogP contribution < -0.4 is 5.73 Å². The molecule has 2 atom stereocenters. The Kier molecular flexibility index (Phi) is 1.63. The van der Waals surface area contributed by atoms with Crippen LogP contribution in [0.25, 0.3) is 0 Å². The number of rotatable bonds is 1. The van der Waals surface area contributed by atoms with Crippen LogP contribution in [0.1, 0.15) is 6.42 Å². The van der Waals surface area contributed by atoms with Gasteiger partial charge in [0, 0.05) is 19.1 Å². The van der Waals surface area contributed by atoms with Gasteiger partial charge in [0.15, 0.2) is 0 Å². The third-order valence-corrected chi connectivity index (χ3v) is 2.99. The molecule has 2 unspecified atom stereocenters. The Labute approximate surface area is 67.7 Å². The molecule has 11 heavy (non-hydrogen) atoms. The smallest absolute Gasteiger partial charge is 0.0599 e. The lowest BCUT2D eigenvalue weighted by molar-refractivity contribution is 0.0102. The van der Waals surface area contributed by atoms with Crippen LogP contribution in [0.15, 0.2) is 0 Å². The molecule has 2 heterocycles. The number of piperidine rings is 2. The first-order chi connectivity index (χ1) is 5.31. The van der Waals surface area contributed by atoms with Crippen molar-refractivity contribution < 1.29 is 0 Å². The minimum absolute atomic E-state index is 0.476. The third kappa shape index (κ3) is 1.05. The van der Waals surface area contributed by atoms with E-state index in [9.17, 15) is 0 Å². The van der Waals surface area contributed by atoms with Gasteiger partial charge in [0.05, 0.1) is 6.54 Å². The van der Waals surface area contributed by atoms with Crippen LogP contribution in [0, 0.1) is 24.2 Å². The Bertz CT molecular complexity index is 182. The molecule has 1 aliphatic carbocycles. The van der Waals surface area contributed by atoms with Crippen LogP contribution in [0.4, 0.5) is 0 Å². The second-order valence-corrected chi connectivity index (χ2v) is 3.73. The highest BCUT2D eigenvalue weighted by Crippen LogP contribution is 2.38. The van der Waals surface area contributed by atoms with E-state index in [1.165, 1.54) is 6.42 Å². The van der Waals surface area contributed by atoms with Crippen molar-refractivity contribution in [2.24, 2.45) is 17.6 Å². The lowest BCUT2D eigenvalue weighted by Gasteiger charge is -2.51. The Balaban J connectivity index is 1.90. The Morgan fingerprint density at radius 3 is 2.55 bits per heavy atom. The van der Waals surface area contributed by atoms with E-state index < -0.39 is 0 Å². The molecule has 2 N–H and O–H groups in total. The molecule has 1 saturated carbocycles. The molecule has 2 nitrogen and oxygen atoms in total. The van der Waals surface area contributed by atoms with Gasteiger partial charge in [-0.25, -0.2) is 0 Å². The van der Waals surface area contributed by atoms with Crippen molar-refractivity contribution in [2.45, 2.75) is 12.5 Å². The quantitative estimate of drug-likeness (QED) is 0.529. The van der Waals surface area contributed by atoms with Crippen LogP contribution >= 0.6 is 0 Å². The van der Waals surface area contributed by atoms with Gasteiger partial charge in [-0.05, 0) is 18.3 Å². The molecule has 0 aromatic heterocycles. The molecule has 0 aromatic rings. The van der Waals surface area contributed by atoms with E-state index in [2.05, 4.69) is 10.8 Å². The molecule has 0 aromatic carbocycles. The van der Waals surface area contributed by atoms with Gasteiger partial charge in [0.2, 0.25) is 0 Å². The largest absolute Gasteiger partial charge is 0.327 e. The van der Waals surface area contributed by atoms with Gasteiger partial charge >= 0.3 is 0 Å². The van der Waals surface area contributed by atoms with Gasteiger partial charge in [-0.1, -0.05) is 5.92 Å². The summed E-state index contributed by atoms with van der Waals surface area (Å²) in [6.07, 6.45) is 6.57. The van der Waals surface area contributed by atoms with E-state index in [1.54, 1.807) is 0 Å². The van der Waals surface area contributed by atoms with Crippen molar-refractivity contribution >= 4 is 0 Å². The number of nitrogens with zero attached hydrogens (tertiary/aromatic N) is 1. The number of hydrogen-bond donors (Lipinski definition) is 1. The molecule has 0 radical (unpaired) electrons. The summed E-state index contributed by atoms with van der Waals surface area (Å²) in [4.78, 5) is 2.34. The lowest BCUT2D eigenvalue weighted by Crippen LogP contribution is -2.61. The van der Waals surface area contributed by atoms with Gasteiger partial charge in [0.1, 0.15) is 0 Å². The van der Waals surface area contributed by atoms with Crippen molar-refractivity contribution in [3.63, 3.8) is 0 Å². The zero-order chi connectivity index (χ0) is 7.84. The fraction of sp³-hybridized carbons (Fsp3) is 0.778. The van der Waals surface area contributed by atoms with Crippen molar-refractivity contribution in [3.8, 4) is 12.3 Å². The molecule has 0 spiro atoms. The molecular formula is C9H14N2. The van der Waals surface area contributed by atoms with E-state index in [-0.39, 0.29) is 0 Å². The monoisotopic (exact) mass is 150 g/mol. The second kappa shape index (κ2) is 2.51. The molecule has 0 amide bonds. The molecule has 3 fully saturated rings. The molecule has 60 valence electrons. The van der Waals surface area contributed by atoms with Gasteiger partial charge in [0.25, 0.3) is 0 Å². The van der Waals surface area contributed by atoms with E-state index in [0.29, 0.717) is 6.04 Å². The minimum atomic E-state index is 0.476. The minimum Gasteiger partial charge on any atom is -0.327 e. The van der Waals surface area contributed by atoms with Gasteiger partial charge < -0.3 is 5.73 Å². The van der Waals surface area contributed by atoms with Crippen molar-refractivity contribution in [3.05, 3.63) is 0 Å². The summed E-state index contributed by atoms with van der Waals surface area (Å²) < 4.78 is 0. The van der Waals surface area contributed by atoms with Crippen molar-refractivity contribution in [2.75, 3.05) is 19.6 Å². The summed E-state index contributed by atoms with van der Waals surface area (Å²) in [7, 11) is 0. The summed E-state index contributed by atoms with van der Waals surface area (Å²) >= 11 is 0. The summed E-state index contributed by atoms with van der Waals surface area (Å²) in [6, 6.07) is 0.476. The topological polar surface area (TPSA) is 29.3 Å². The highest BCUT2D eigenvalue weighted by atomic mass is 15.2. The third-order valence-electron chi connectivity index (χ3n) is 2.99. The SMILES string of the molecule is C#CCN1CC2CC(C1)C2N. The molecular weight excluding hydrogens is 136 g/mol. The highest BCUT2D eigenvalue weighted by molar-refractivity contribution is 5.02. The van der Waals surface area contributed by atoms with E-state index in [4.69, 9.17) is 12.2 Å². The standard InChI is InChI=1S/C9H14N2/c1-2-3-11-5-7-4-8(6-11)9(7)10/h1,7-9H,3-6,10H2. The van der Waals surface area contributed by atoms with Gasteiger partial charge in [-0.3, -0.25) is 4.90 Å². The van der Waals surface area contributed by atoms with Crippen LogP contribution in [0.5, 0.6) is 0 Å². The number of fused-ring (bicyclic) bond motifs is 2. The molecule has 2 saturated heterocycles. The molecule has 2 aliphatic heterocycles. The fourth-order valence-electron chi connectivity index (χ4n) is 2.28. The number of nitrogens with two attached hydrogens (primary N) is 1. The molecule has 3 aliphatic rings. The van der Waals surface area contributed by atoms with Crippen molar-refractivity contribution in [1.29, 1.82) is 0 Å². The normalized spacial score (nSPS) is 42.7. The predicted molar refractivity (Wildman–Crippen MR) is 44.8 cm³/mol. The number of terminal acetylenes is 1. The Morgan fingerprint density at radius 1 is 1.45 bits per heavy atom. The van der Waals surface area contributed by atoms with E-state index in [0.717, 1.165) is 31.5 Å². The lowest BCUT2D eigenvalue weighted by atomic mass is 9.67. The average molecular weight is 150 g/mol. The molecule has 3 rings (SSSR count). The van der Waals surface area contributed by atoms with Crippen LogP contribution in [-0.2, 0) is 0 Å². The van der Waals surface area contributed by atoms with Gasteiger partial charge in [-0.15, -0.1) is 6.42 Å². The number of hydrogen-bond acceptors (Lipinski definition) is 2. The van der Waals surface area contributed by atoms with E-state index in [1.807, 2.05) is 0 Å². The molecule has 2 bridgehead atoms. The van der Waals surface area contributed by atoms with Gasteiger partial charge in [-0.2, -0.15) is 0 Å². The van der Waals surface area contributed by atoms with E-state index >= 15 is 0 Å². The summed E-state index contributed by atoms with van der Waals surface area (Å²) in [5, 5.41) is 0. The van der Waals surface area contributed by atoms with Crippen LogP contribution in [-0.4, -0.2) is 30.6 Å². The average Bonchev–Trinajstić information content (AvgIpc) is 2.05. The second-order valence-electron chi connectivity index (χ2n) is 3.73.